The van der Waals surface area contributed by atoms with Gasteiger partial charge in [-0.25, -0.2) is 13.4 Å². The van der Waals surface area contributed by atoms with E-state index < -0.39 is 9.84 Å². The highest BCUT2D eigenvalue weighted by molar-refractivity contribution is 7.91. The van der Waals surface area contributed by atoms with Gasteiger partial charge in [-0.05, 0) is 24.6 Å². The largest absolute Gasteiger partial charge is 0.396 e. The van der Waals surface area contributed by atoms with Gasteiger partial charge in [-0.1, -0.05) is 0 Å². The molecule has 1 heterocycles. The van der Waals surface area contributed by atoms with Gasteiger partial charge >= 0.3 is 0 Å². The first kappa shape index (κ1) is 11.1. The molecular formula is C10H12N2O3S. The van der Waals surface area contributed by atoms with Crippen LogP contribution >= 0.6 is 0 Å². The molecule has 86 valence electrons. The van der Waals surface area contributed by atoms with Crippen molar-refractivity contribution in [3.8, 4) is 0 Å². The van der Waals surface area contributed by atoms with Gasteiger partial charge in [-0.15, -0.1) is 0 Å². The maximum atomic E-state index is 11.8. The maximum absolute atomic E-state index is 11.8. The van der Waals surface area contributed by atoms with Crippen LogP contribution in [0.3, 0.4) is 0 Å². The lowest BCUT2D eigenvalue weighted by atomic mass is 10.3. The van der Waals surface area contributed by atoms with E-state index in [1.807, 2.05) is 0 Å². The topological polar surface area (TPSA) is 83.1 Å². The summed E-state index contributed by atoms with van der Waals surface area (Å²) in [6.45, 7) is -0.120. The number of benzene rings is 1. The summed E-state index contributed by atoms with van der Waals surface area (Å²) in [4.78, 5) is 7.14. The zero-order valence-electron chi connectivity index (χ0n) is 8.55. The molecule has 0 aliphatic heterocycles. The van der Waals surface area contributed by atoms with Crippen LogP contribution in [0.4, 0.5) is 0 Å². The summed E-state index contributed by atoms with van der Waals surface area (Å²) in [5.41, 5.74) is 1.44. The van der Waals surface area contributed by atoms with Crippen LogP contribution in [0.25, 0.3) is 11.0 Å². The van der Waals surface area contributed by atoms with Crippen LogP contribution in [0.5, 0.6) is 0 Å². The first-order chi connectivity index (χ1) is 7.63. The van der Waals surface area contributed by atoms with Crippen molar-refractivity contribution in [1.82, 2.24) is 9.97 Å². The molecule has 0 aliphatic carbocycles. The van der Waals surface area contributed by atoms with Gasteiger partial charge in [-0.3, -0.25) is 0 Å². The Morgan fingerprint density at radius 2 is 2.19 bits per heavy atom. The van der Waals surface area contributed by atoms with Crippen molar-refractivity contribution in [2.75, 3.05) is 12.4 Å². The van der Waals surface area contributed by atoms with Gasteiger partial charge in [0.05, 0.1) is 28.0 Å². The van der Waals surface area contributed by atoms with Crippen molar-refractivity contribution in [2.45, 2.75) is 11.3 Å². The van der Waals surface area contributed by atoms with Crippen LogP contribution in [0.15, 0.2) is 29.4 Å². The lowest BCUT2D eigenvalue weighted by molar-refractivity contribution is 0.295. The number of aromatic nitrogens is 2. The van der Waals surface area contributed by atoms with E-state index in [1.165, 1.54) is 12.4 Å². The first-order valence-electron chi connectivity index (χ1n) is 4.90. The monoisotopic (exact) mass is 240 g/mol. The maximum Gasteiger partial charge on any atom is 0.178 e. The normalized spacial score (nSPS) is 12.1. The summed E-state index contributed by atoms with van der Waals surface area (Å²) in [6.07, 6.45) is 1.78. The van der Waals surface area contributed by atoms with Gasteiger partial charge in [0.25, 0.3) is 0 Å². The molecule has 0 spiro atoms. The fraction of sp³-hybridized carbons (Fsp3) is 0.300. The van der Waals surface area contributed by atoms with Crippen LogP contribution in [-0.2, 0) is 9.84 Å². The molecule has 2 aromatic rings. The van der Waals surface area contributed by atoms with E-state index in [9.17, 15) is 8.42 Å². The molecule has 2 rings (SSSR count). The first-order valence-corrected chi connectivity index (χ1v) is 6.55. The number of fused-ring (bicyclic) bond motifs is 1. The minimum Gasteiger partial charge on any atom is -0.396 e. The highest BCUT2D eigenvalue weighted by Crippen LogP contribution is 2.17. The van der Waals surface area contributed by atoms with Crippen molar-refractivity contribution in [3.63, 3.8) is 0 Å². The second kappa shape index (κ2) is 4.23. The number of H-pyrrole nitrogens is 1. The summed E-state index contributed by atoms with van der Waals surface area (Å²) < 4.78 is 23.6. The zero-order valence-corrected chi connectivity index (χ0v) is 9.37. The Morgan fingerprint density at radius 1 is 1.38 bits per heavy atom. The molecule has 0 radical (unpaired) electrons. The molecule has 0 unspecified atom stereocenters. The molecule has 1 aromatic heterocycles. The molecule has 0 bridgehead atoms. The Labute approximate surface area is 93.1 Å². The Hall–Kier alpha value is -1.40. The molecule has 0 saturated heterocycles. The summed E-state index contributed by atoms with van der Waals surface area (Å²) in [5.74, 6) is -0.0385. The fourth-order valence-corrected chi connectivity index (χ4v) is 2.80. The third-order valence-corrected chi connectivity index (χ3v) is 4.12. The Bertz CT molecular complexity index is 589. The van der Waals surface area contributed by atoms with E-state index >= 15 is 0 Å². The number of rotatable bonds is 4. The number of sulfone groups is 1. The number of hydrogen-bond donors (Lipinski definition) is 2. The quantitative estimate of drug-likeness (QED) is 0.824. The van der Waals surface area contributed by atoms with E-state index in [2.05, 4.69) is 9.97 Å². The lowest BCUT2D eigenvalue weighted by Gasteiger charge is -2.02. The summed E-state index contributed by atoms with van der Waals surface area (Å²) in [5, 5.41) is 8.63. The van der Waals surface area contributed by atoms with Crippen molar-refractivity contribution < 1.29 is 13.5 Å². The van der Waals surface area contributed by atoms with E-state index in [0.29, 0.717) is 5.52 Å². The molecule has 6 heteroatoms. The van der Waals surface area contributed by atoms with Gasteiger partial charge in [0.1, 0.15) is 0 Å². The fourth-order valence-electron chi connectivity index (χ4n) is 1.48. The average Bonchev–Trinajstić information content (AvgIpc) is 2.73. The number of imidazole rings is 1. The molecule has 2 N–H and O–H groups in total. The molecule has 0 amide bonds. The van der Waals surface area contributed by atoms with E-state index in [0.717, 1.165) is 5.52 Å². The van der Waals surface area contributed by atoms with Gasteiger partial charge < -0.3 is 10.1 Å². The van der Waals surface area contributed by atoms with Crippen LogP contribution in [-0.4, -0.2) is 35.9 Å². The zero-order chi connectivity index (χ0) is 11.6. The minimum absolute atomic E-state index is 0.0385. The van der Waals surface area contributed by atoms with Gasteiger partial charge in [-0.2, -0.15) is 0 Å². The number of nitrogens with one attached hydrogen (secondary N) is 1. The molecule has 0 aliphatic rings. The molecule has 5 nitrogen and oxygen atoms in total. The summed E-state index contributed by atoms with van der Waals surface area (Å²) >= 11 is 0. The summed E-state index contributed by atoms with van der Waals surface area (Å²) in [7, 11) is -3.30. The lowest BCUT2D eigenvalue weighted by Crippen LogP contribution is -2.08. The molecular weight excluding hydrogens is 228 g/mol. The Morgan fingerprint density at radius 3 is 2.94 bits per heavy atom. The minimum atomic E-state index is -3.30. The van der Waals surface area contributed by atoms with Crippen molar-refractivity contribution in [3.05, 3.63) is 24.5 Å². The second-order valence-corrected chi connectivity index (χ2v) is 5.59. The smallest absolute Gasteiger partial charge is 0.178 e. The third-order valence-electron chi connectivity index (χ3n) is 2.32. The van der Waals surface area contributed by atoms with Crippen LogP contribution in [0, 0.1) is 0 Å². The highest BCUT2D eigenvalue weighted by Gasteiger charge is 2.14. The summed E-state index contributed by atoms with van der Waals surface area (Å²) in [6, 6.07) is 4.77. The number of aliphatic hydroxyl groups excluding tert-OH is 1. The molecule has 0 fully saturated rings. The van der Waals surface area contributed by atoms with E-state index in [-0.39, 0.29) is 23.7 Å². The number of hydrogen-bond acceptors (Lipinski definition) is 4. The van der Waals surface area contributed by atoms with E-state index in [1.54, 1.807) is 12.1 Å². The van der Waals surface area contributed by atoms with Crippen molar-refractivity contribution in [1.29, 1.82) is 0 Å². The Kier molecular flexibility index (Phi) is 2.93. The predicted molar refractivity (Wildman–Crippen MR) is 59.8 cm³/mol. The number of aromatic amines is 1. The SMILES string of the molecule is O=S(=O)(CCCO)c1ccc2nc[nH]c2c1. The van der Waals surface area contributed by atoms with Gasteiger partial charge in [0.2, 0.25) is 0 Å². The van der Waals surface area contributed by atoms with Crippen LogP contribution < -0.4 is 0 Å². The average molecular weight is 240 g/mol. The van der Waals surface area contributed by atoms with Crippen molar-refractivity contribution >= 4 is 20.9 Å². The predicted octanol–water partition coefficient (Wildman–Crippen LogP) is 0.719. The third kappa shape index (κ3) is 2.07. The van der Waals surface area contributed by atoms with Crippen molar-refractivity contribution in [2.24, 2.45) is 0 Å². The standard InChI is InChI=1S/C10H12N2O3S/c13-4-1-5-16(14,15)8-2-3-9-10(6-8)12-7-11-9/h2-3,6-7,13H,1,4-5H2,(H,11,12). The second-order valence-electron chi connectivity index (χ2n) is 3.48. The van der Waals surface area contributed by atoms with Crippen LogP contribution in [0.1, 0.15) is 6.42 Å². The molecule has 16 heavy (non-hydrogen) atoms. The Balaban J connectivity index is 2.39. The van der Waals surface area contributed by atoms with Gasteiger partial charge in [0, 0.05) is 6.61 Å². The highest BCUT2D eigenvalue weighted by atomic mass is 32.2. The molecule has 0 atom stereocenters. The van der Waals surface area contributed by atoms with Crippen LogP contribution in [0.2, 0.25) is 0 Å². The molecule has 0 saturated carbocycles. The number of aliphatic hydroxyl groups is 1. The number of nitrogens with zero attached hydrogens (tertiary/aromatic N) is 1. The van der Waals surface area contributed by atoms with Gasteiger partial charge in [0.15, 0.2) is 9.84 Å². The van der Waals surface area contributed by atoms with E-state index in [4.69, 9.17) is 5.11 Å². The molecule has 1 aromatic carbocycles.